The molecule has 1 spiro atoms. The fourth-order valence-electron chi connectivity index (χ4n) is 6.29. The Labute approximate surface area is 178 Å². The minimum absolute atomic E-state index is 0.0173. The molecule has 6 atom stereocenters. The van der Waals surface area contributed by atoms with Gasteiger partial charge in [0.05, 0.1) is 18.0 Å². The summed E-state index contributed by atoms with van der Waals surface area (Å²) >= 11 is 0. The third-order valence-corrected chi connectivity index (χ3v) is 7.67. The van der Waals surface area contributed by atoms with Gasteiger partial charge in [0.1, 0.15) is 12.2 Å². The van der Waals surface area contributed by atoms with Crippen LogP contribution in [0.4, 0.5) is 0 Å². The highest BCUT2D eigenvalue weighted by Gasteiger charge is 2.75. The molecule has 4 N–H and O–H groups in total. The van der Waals surface area contributed by atoms with Gasteiger partial charge >= 0.3 is 5.97 Å². The van der Waals surface area contributed by atoms with Crippen molar-refractivity contribution in [3.63, 3.8) is 0 Å². The molecular weight excluding hydrogens is 388 g/mol. The lowest BCUT2D eigenvalue weighted by Gasteiger charge is -2.52. The maximum Gasteiger partial charge on any atom is 0.334 e. The number of epoxide rings is 1. The van der Waals surface area contributed by atoms with Crippen molar-refractivity contribution in [1.29, 1.82) is 0 Å². The SMILES string of the molecule is CC(C)C1CC(O)=C2[C@]3(O[C@H]3CC3C4=C(CC[C@]23C)C(=O)OC4)[C@@H]1O.CCO.CO. The van der Waals surface area contributed by atoms with Crippen molar-refractivity contribution in [2.75, 3.05) is 20.3 Å². The zero-order valence-electron chi connectivity index (χ0n) is 18.6. The molecule has 0 radical (unpaired) electrons. The van der Waals surface area contributed by atoms with Crippen LogP contribution in [-0.2, 0) is 14.3 Å². The predicted octanol–water partition coefficient (Wildman–Crippen LogP) is 2.25. The molecule has 5 rings (SSSR count). The number of hydrogen-bond acceptors (Lipinski definition) is 7. The number of fused-ring (bicyclic) bond motifs is 3. The van der Waals surface area contributed by atoms with Gasteiger partial charge in [0.15, 0.2) is 0 Å². The van der Waals surface area contributed by atoms with Gasteiger partial charge in [-0.05, 0) is 49.5 Å². The second kappa shape index (κ2) is 8.26. The normalized spacial score (nSPS) is 40.8. The fraction of sp³-hybridized carbons (Fsp3) is 0.783. The van der Waals surface area contributed by atoms with E-state index in [0.717, 1.165) is 36.7 Å². The number of aliphatic hydroxyl groups excluding tert-OH is 4. The van der Waals surface area contributed by atoms with Crippen LogP contribution in [0, 0.1) is 23.2 Å². The largest absolute Gasteiger partial charge is 0.512 e. The smallest absolute Gasteiger partial charge is 0.334 e. The zero-order chi connectivity index (χ0) is 22.4. The second-order valence-electron chi connectivity index (χ2n) is 9.38. The fourth-order valence-corrected chi connectivity index (χ4v) is 6.29. The van der Waals surface area contributed by atoms with E-state index in [1.807, 2.05) is 0 Å². The van der Waals surface area contributed by atoms with Crippen LogP contribution in [0.15, 0.2) is 22.5 Å². The summed E-state index contributed by atoms with van der Waals surface area (Å²) in [5, 5.41) is 36.7. The monoisotopic (exact) mass is 424 g/mol. The van der Waals surface area contributed by atoms with Crippen molar-refractivity contribution in [2.24, 2.45) is 23.2 Å². The molecule has 7 heteroatoms. The number of carbonyl (C=O) groups is 1. The van der Waals surface area contributed by atoms with Gasteiger partial charge in [-0.2, -0.15) is 0 Å². The Hall–Kier alpha value is -1.41. The summed E-state index contributed by atoms with van der Waals surface area (Å²) in [4.78, 5) is 12.0. The van der Waals surface area contributed by atoms with Gasteiger partial charge in [-0.15, -0.1) is 0 Å². The van der Waals surface area contributed by atoms with Crippen molar-refractivity contribution < 1.29 is 34.7 Å². The summed E-state index contributed by atoms with van der Waals surface area (Å²) in [5.74, 6) is 0.692. The first-order chi connectivity index (χ1) is 14.2. The number of esters is 1. The van der Waals surface area contributed by atoms with E-state index in [2.05, 4.69) is 20.8 Å². The van der Waals surface area contributed by atoms with Gasteiger partial charge < -0.3 is 29.9 Å². The number of ether oxygens (including phenoxy) is 2. The van der Waals surface area contributed by atoms with Gasteiger partial charge in [-0.1, -0.05) is 20.8 Å². The minimum atomic E-state index is -0.704. The van der Waals surface area contributed by atoms with E-state index in [-0.39, 0.29) is 41.8 Å². The van der Waals surface area contributed by atoms with Crippen molar-refractivity contribution in [3.05, 3.63) is 22.5 Å². The number of aliphatic hydroxyl groups is 4. The first kappa shape index (κ1) is 23.3. The Morgan fingerprint density at radius 2 is 1.90 bits per heavy atom. The molecular formula is C23H36O7. The van der Waals surface area contributed by atoms with E-state index in [1.54, 1.807) is 6.92 Å². The van der Waals surface area contributed by atoms with Gasteiger partial charge in [-0.25, -0.2) is 4.79 Å². The first-order valence-corrected chi connectivity index (χ1v) is 11.0. The maximum absolute atomic E-state index is 12.0. The predicted molar refractivity (Wildman–Crippen MR) is 111 cm³/mol. The number of allylic oxidation sites excluding steroid dienone is 1. The molecule has 0 amide bonds. The second-order valence-corrected chi connectivity index (χ2v) is 9.38. The summed E-state index contributed by atoms with van der Waals surface area (Å²) in [6.45, 7) is 8.66. The van der Waals surface area contributed by atoms with E-state index >= 15 is 0 Å². The Kier molecular flexibility index (Phi) is 6.41. The molecule has 5 aliphatic rings. The summed E-state index contributed by atoms with van der Waals surface area (Å²) < 4.78 is 11.4. The molecule has 2 aliphatic heterocycles. The van der Waals surface area contributed by atoms with Crippen molar-refractivity contribution >= 4 is 5.97 Å². The molecule has 7 nitrogen and oxygen atoms in total. The van der Waals surface area contributed by atoms with Gasteiger partial charge in [0.25, 0.3) is 0 Å². The van der Waals surface area contributed by atoms with Gasteiger partial charge in [0.2, 0.25) is 0 Å². The average Bonchev–Trinajstić information content (AvgIpc) is 3.30. The van der Waals surface area contributed by atoms with Crippen LogP contribution >= 0.6 is 0 Å². The zero-order valence-corrected chi connectivity index (χ0v) is 18.6. The first-order valence-electron chi connectivity index (χ1n) is 11.0. The quantitative estimate of drug-likeness (QED) is 0.376. The Morgan fingerprint density at radius 1 is 1.27 bits per heavy atom. The molecule has 2 fully saturated rings. The van der Waals surface area contributed by atoms with Crippen LogP contribution in [0.3, 0.4) is 0 Å². The van der Waals surface area contributed by atoms with E-state index in [0.29, 0.717) is 25.2 Å². The standard InChI is InChI=1S/C20H26O5.C2H6O.CH4O/c1-9(2)11-6-14(21)16-19(3)5-4-10-12(8-24-18(10)23)13(19)7-15-20(16,25-15)17(11)22;1-2-3;1-2/h9,11,13,15,17,21-22H,4-8H2,1-3H3;3H,2H2,1H3;2H,1H3/t11?,13?,15-,17+,19-,20-;;/m0../s1. The molecule has 3 aliphatic carbocycles. The van der Waals surface area contributed by atoms with Gasteiger partial charge in [0, 0.05) is 36.7 Å². The third kappa shape index (κ3) is 3.13. The molecule has 170 valence electrons. The summed E-state index contributed by atoms with van der Waals surface area (Å²) in [6, 6.07) is 0. The van der Waals surface area contributed by atoms with Crippen LogP contribution in [0.25, 0.3) is 0 Å². The number of hydrogen-bond donors (Lipinski definition) is 4. The van der Waals surface area contributed by atoms with E-state index in [1.165, 1.54) is 0 Å². The van der Waals surface area contributed by atoms with Crippen molar-refractivity contribution in [3.8, 4) is 0 Å². The third-order valence-electron chi connectivity index (χ3n) is 7.67. The lowest BCUT2D eigenvalue weighted by atomic mass is 9.51. The highest BCUT2D eigenvalue weighted by Crippen LogP contribution is 2.69. The number of carbonyl (C=O) groups excluding carboxylic acids is 1. The van der Waals surface area contributed by atoms with Gasteiger partial charge in [-0.3, -0.25) is 0 Å². The lowest BCUT2D eigenvalue weighted by molar-refractivity contribution is -0.136. The topological polar surface area (TPSA) is 120 Å². The summed E-state index contributed by atoms with van der Waals surface area (Å²) in [6.07, 6.45) is 2.14. The van der Waals surface area contributed by atoms with Crippen LogP contribution in [0.1, 0.15) is 53.4 Å². The maximum atomic E-state index is 12.0. The molecule has 30 heavy (non-hydrogen) atoms. The van der Waals surface area contributed by atoms with Crippen LogP contribution in [0.5, 0.6) is 0 Å². The van der Waals surface area contributed by atoms with E-state index < -0.39 is 11.7 Å². The highest BCUT2D eigenvalue weighted by atomic mass is 16.6. The Morgan fingerprint density at radius 3 is 2.50 bits per heavy atom. The Balaban J connectivity index is 0.000000473. The molecule has 1 saturated carbocycles. The van der Waals surface area contributed by atoms with Crippen LogP contribution in [0.2, 0.25) is 0 Å². The summed E-state index contributed by atoms with van der Waals surface area (Å²) in [7, 11) is 1.00. The summed E-state index contributed by atoms with van der Waals surface area (Å²) in [5.41, 5.74) is 1.88. The number of cyclic esters (lactones) is 1. The molecule has 2 heterocycles. The van der Waals surface area contributed by atoms with E-state index in [4.69, 9.17) is 19.7 Å². The lowest BCUT2D eigenvalue weighted by Crippen LogP contribution is -2.55. The van der Waals surface area contributed by atoms with Crippen LogP contribution < -0.4 is 0 Å². The average molecular weight is 425 g/mol. The molecule has 0 aromatic heterocycles. The molecule has 0 aromatic rings. The van der Waals surface area contributed by atoms with Crippen molar-refractivity contribution in [2.45, 2.75) is 71.2 Å². The minimum Gasteiger partial charge on any atom is -0.512 e. The van der Waals surface area contributed by atoms with Crippen molar-refractivity contribution in [1.82, 2.24) is 0 Å². The molecule has 2 unspecified atom stereocenters. The highest BCUT2D eigenvalue weighted by molar-refractivity contribution is 5.92. The molecule has 0 aromatic carbocycles. The van der Waals surface area contributed by atoms with E-state index in [9.17, 15) is 15.0 Å². The molecule has 0 bridgehead atoms. The molecule has 1 saturated heterocycles. The number of rotatable bonds is 1. The Bertz CT molecular complexity index is 755. The van der Waals surface area contributed by atoms with Crippen LogP contribution in [-0.4, -0.2) is 64.5 Å².